The van der Waals surface area contributed by atoms with Gasteiger partial charge in [0.2, 0.25) is 0 Å². The molecule has 0 unspecified atom stereocenters. The molecule has 0 aromatic heterocycles. The van der Waals surface area contributed by atoms with Crippen LogP contribution in [0.2, 0.25) is 0 Å². The third-order valence-corrected chi connectivity index (χ3v) is 5.48. The molecule has 138 valence electrons. The lowest BCUT2D eigenvalue weighted by Crippen LogP contribution is -2.31. The van der Waals surface area contributed by atoms with E-state index in [1.165, 1.54) is 33.0 Å². The maximum absolute atomic E-state index is 11.4. The number of hydrogen-bond donors (Lipinski definition) is 2. The van der Waals surface area contributed by atoms with Gasteiger partial charge in [-0.1, -0.05) is 6.07 Å². The van der Waals surface area contributed by atoms with E-state index < -0.39 is 5.97 Å². The number of benzene rings is 1. The molecular weight excluding hydrogens is 320 g/mol. The fourth-order valence-corrected chi connectivity index (χ4v) is 4.15. The monoisotopic (exact) mass is 348 g/mol. The molecule has 1 aromatic rings. The normalized spacial score (nSPS) is 24.7. The molecule has 0 saturated carbocycles. The van der Waals surface area contributed by atoms with E-state index in [1.807, 2.05) is 6.07 Å². The topological polar surface area (TPSA) is 73.2 Å². The van der Waals surface area contributed by atoms with Gasteiger partial charge in [-0.2, -0.15) is 0 Å². The average molecular weight is 348 g/mol. The van der Waals surface area contributed by atoms with Crippen LogP contribution in [0.3, 0.4) is 0 Å². The summed E-state index contributed by atoms with van der Waals surface area (Å²) in [5, 5.41) is 19.1. The van der Waals surface area contributed by atoms with Crippen molar-refractivity contribution in [3.05, 3.63) is 29.3 Å². The van der Waals surface area contributed by atoms with Crippen LogP contribution in [0, 0.1) is 11.8 Å². The van der Waals surface area contributed by atoms with Crippen LogP contribution < -0.4 is 4.74 Å². The molecule has 2 saturated heterocycles. The van der Waals surface area contributed by atoms with Gasteiger partial charge in [-0.3, -0.25) is 4.90 Å². The molecule has 2 atom stereocenters. The number of ether oxygens (including phenoxy) is 1. The van der Waals surface area contributed by atoms with E-state index in [0.29, 0.717) is 24.1 Å². The van der Waals surface area contributed by atoms with Crippen molar-refractivity contribution in [2.24, 2.45) is 11.8 Å². The number of aliphatic hydroxyl groups is 1. The molecule has 0 spiro atoms. The fourth-order valence-electron chi connectivity index (χ4n) is 4.15. The van der Waals surface area contributed by atoms with Gasteiger partial charge in [0.25, 0.3) is 0 Å². The standard InChI is InChI=1S/C19H28N2O4/c1-25-18-5-4-14(8-17(18)19(23)24)9-21-11-15(16(12-21)13-22)10-20-6-2-3-7-20/h4-5,8,15-16,22H,2-3,6-7,9-13H2,1H3,(H,23,24)/t15-,16-/m1/s1. The minimum absolute atomic E-state index is 0.200. The summed E-state index contributed by atoms with van der Waals surface area (Å²) in [4.78, 5) is 16.2. The molecule has 6 nitrogen and oxygen atoms in total. The van der Waals surface area contributed by atoms with Crippen molar-refractivity contribution in [1.82, 2.24) is 9.80 Å². The van der Waals surface area contributed by atoms with Crippen LogP contribution in [0.15, 0.2) is 18.2 Å². The summed E-state index contributed by atoms with van der Waals surface area (Å²) in [5.74, 6) is 0.205. The first-order valence-corrected chi connectivity index (χ1v) is 9.06. The molecule has 2 N–H and O–H groups in total. The van der Waals surface area contributed by atoms with Crippen LogP contribution in [0.1, 0.15) is 28.8 Å². The predicted octanol–water partition coefficient (Wildman–Crippen LogP) is 1.53. The number of nitrogens with zero attached hydrogens (tertiary/aromatic N) is 2. The van der Waals surface area contributed by atoms with Crippen molar-refractivity contribution in [1.29, 1.82) is 0 Å². The number of carbonyl (C=O) groups is 1. The van der Waals surface area contributed by atoms with Gasteiger partial charge < -0.3 is 19.8 Å². The zero-order chi connectivity index (χ0) is 17.8. The highest BCUT2D eigenvalue weighted by Gasteiger charge is 2.33. The summed E-state index contributed by atoms with van der Waals surface area (Å²) in [7, 11) is 1.48. The third kappa shape index (κ3) is 4.32. The molecule has 0 radical (unpaired) electrons. The molecule has 0 bridgehead atoms. The van der Waals surface area contributed by atoms with E-state index in [0.717, 1.165) is 25.2 Å². The lowest BCUT2D eigenvalue weighted by molar-refractivity contribution is 0.0693. The molecule has 1 aromatic carbocycles. The minimum atomic E-state index is -0.972. The number of carboxylic acids is 1. The number of aliphatic hydroxyl groups excluding tert-OH is 1. The quantitative estimate of drug-likeness (QED) is 0.779. The molecule has 2 fully saturated rings. The van der Waals surface area contributed by atoms with Crippen molar-refractivity contribution < 1.29 is 19.7 Å². The van der Waals surface area contributed by atoms with Crippen LogP contribution in [-0.4, -0.2) is 72.4 Å². The predicted molar refractivity (Wildman–Crippen MR) is 95.0 cm³/mol. The maximum atomic E-state index is 11.4. The second-order valence-electron chi connectivity index (χ2n) is 7.24. The molecule has 2 aliphatic heterocycles. The zero-order valence-corrected chi connectivity index (χ0v) is 14.9. The van der Waals surface area contributed by atoms with Crippen LogP contribution in [0.25, 0.3) is 0 Å². The Kier molecular flexibility index (Phi) is 5.93. The Labute approximate surface area is 149 Å². The first kappa shape index (κ1) is 18.2. The zero-order valence-electron chi connectivity index (χ0n) is 14.9. The van der Waals surface area contributed by atoms with E-state index in [1.54, 1.807) is 12.1 Å². The summed E-state index contributed by atoms with van der Waals surface area (Å²) in [6.45, 7) is 6.16. The average Bonchev–Trinajstić information content (AvgIpc) is 3.25. The van der Waals surface area contributed by atoms with Crippen LogP contribution in [0.5, 0.6) is 5.75 Å². The highest BCUT2D eigenvalue weighted by atomic mass is 16.5. The van der Waals surface area contributed by atoms with Gasteiger partial charge in [0.05, 0.1) is 7.11 Å². The molecule has 2 aliphatic rings. The number of carboxylic acid groups (broad SMARTS) is 1. The molecular formula is C19H28N2O4. The van der Waals surface area contributed by atoms with Crippen molar-refractivity contribution in [2.45, 2.75) is 19.4 Å². The van der Waals surface area contributed by atoms with Gasteiger partial charge in [-0.15, -0.1) is 0 Å². The molecule has 3 rings (SSSR count). The number of rotatable bonds is 7. The SMILES string of the molecule is COc1ccc(CN2C[C@@H](CN3CCCC3)[C@@H](CO)C2)cc1C(=O)O. The molecule has 25 heavy (non-hydrogen) atoms. The van der Waals surface area contributed by atoms with Crippen LogP contribution in [-0.2, 0) is 6.54 Å². The first-order valence-electron chi connectivity index (χ1n) is 9.06. The summed E-state index contributed by atoms with van der Waals surface area (Å²) in [5.41, 5.74) is 1.17. The fraction of sp³-hybridized carbons (Fsp3) is 0.632. The van der Waals surface area contributed by atoms with Crippen molar-refractivity contribution in [3.63, 3.8) is 0 Å². The number of aromatic carboxylic acids is 1. The summed E-state index contributed by atoms with van der Waals surface area (Å²) >= 11 is 0. The highest BCUT2D eigenvalue weighted by Crippen LogP contribution is 2.28. The molecule has 2 heterocycles. The smallest absolute Gasteiger partial charge is 0.339 e. The van der Waals surface area contributed by atoms with E-state index in [4.69, 9.17) is 4.74 Å². The Morgan fingerprint density at radius 1 is 1.20 bits per heavy atom. The third-order valence-electron chi connectivity index (χ3n) is 5.48. The summed E-state index contributed by atoms with van der Waals surface area (Å²) < 4.78 is 5.12. The van der Waals surface area contributed by atoms with E-state index in [-0.39, 0.29) is 12.2 Å². The van der Waals surface area contributed by atoms with Crippen LogP contribution >= 0.6 is 0 Å². The summed E-state index contributed by atoms with van der Waals surface area (Å²) in [6, 6.07) is 5.34. The number of likely N-dealkylation sites (tertiary alicyclic amines) is 2. The van der Waals surface area contributed by atoms with Gasteiger partial charge >= 0.3 is 5.97 Å². The second kappa shape index (κ2) is 8.17. The van der Waals surface area contributed by atoms with Gasteiger partial charge in [0.15, 0.2) is 0 Å². The Morgan fingerprint density at radius 2 is 1.92 bits per heavy atom. The minimum Gasteiger partial charge on any atom is -0.496 e. The Bertz CT molecular complexity index is 601. The lowest BCUT2D eigenvalue weighted by atomic mass is 9.96. The van der Waals surface area contributed by atoms with Gasteiger partial charge in [-0.25, -0.2) is 4.79 Å². The summed E-state index contributed by atoms with van der Waals surface area (Å²) in [6.07, 6.45) is 2.56. The Balaban J connectivity index is 1.64. The molecule has 0 amide bonds. The second-order valence-corrected chi connectivity index (χ2v) is 7.24. The van der Waals surface area contributed by atoms with Crippen molar-refractivity contribution >= 4 is 5.97 Å². The highest BCUT2D eigenvalue weighted by molar-refractivity contribution is 5.91. The number of hydrogen-bond acceptors (Lipinski definition) is 5. The molecule has 6 heteroatoms. The maximum Gasteiger partial charge on any atom is 0.339 e. The first-order chi connectivity index (χ1) is 12.1. The van der Waals surface area contributed by atoms with Gasteiger partial charge in [-0.05, 0) is 55.5 Å². The van der Waals surface area contributed by atoms with E-state index >= 15 is 0 Å². The molecule has 0 aliphatic carbocycles. The Hall–Kier alpha value is -1.63. The van der Waals surface area contributed by atoms with E-state index in [2.05, 4.69) is 9.80 Å². The lowest BCUT2D eigenvalue weighted by Gasteiger charge is -2.23. The van der Waals surface area contributed by atoms with E-state index in [9.17, 15) is 15.0 Å². The van der Waals surface area contributed by atoms with Gasteiger partial charge in [0, 0.05) is 32.8 Å². The van der Waals surface area contributed by atoms with Crippen molar-refractivity contribution in [3.8, 4) is 5.75 Å². The van der Waals surface area contributed by atoms with Gasteiger partial charge in [0.1, 0.15) is 11.3 Å². The Morgan fingerprint density at radius 3 is 2.56 bits per heavy atom. The number of methoxy groups -OCH3 is 1. The largest absolute Gasteiger partial charge is 0.496 e. The van der Waals surface area contributed by atoms with Crippen LogP contribution in [0.4, 0.5) is 0 Å². The van der Waals surface area contributed by atoms with Crippen molar-refractivity contribution in [2.75, 3.05) is 46.4 Å².